The molecule has 0 aliphatic rings. The predicted octanol–water partition coefficient (Wildman–Crippen LogP) is 2.49. The van der Waals surface area contributed by atoms with Gasteiger partial charge in [-0.05, 0) is 6.92 Å². The summed E-state index contributed by atoms with van der Waals surface area (Å²) in [6.45, 7) is 1.91. The fourth-order valence-electron chi connectivity index (χ4n) is 1.52. The number of Topliss-reactive ketones (excluding diaryl/α,β-unsaturated/α-hetero) is 1. The first-order valence-corrected chi connectivity index (χ1v) is 6.74. The van der Waals surface area contributed by atoms with Gasteiger partial charge in [-0.2, -0.15) is 0 Å². The molecule has 0 saturated carbocycles. The third-order valence-corrected chi connectivity index (χ3v) is 3.73. The van der Waals surface area contributed by atoms with Gasteiger partial charge in [0.1, 0.15) is 5.82 Å². The number of nitrogens with zero attached hydrogens (tertiary/aromatic N) is 3. The van der Waals surface area contributed by atoms with Crippen molar-refractivity contribution in [3.05, 3.63) is 41.7 Å². The van der Waals surface area contributed by atoms with Gasteiger partial charge < -0.3 is 4.57 Å². The molecule has 0 radical (unpaired) electrons. The smallest absolute Gasteiger partial charge is 0.190 e. The van der Waals surface area contributed by atoms with Crippen molar-refractivity contribution < 1.29 is 4.79 Å². The van der Waals surface area contributed by atoms with Gasteiger partial charge in [0.05, 0.1) is 0 Å². The average molecular weight is 261 g/mol. The highest BCUT2D eigenvalue weighted by molar-refractivity contribution is 7.99. The van der Waals surface area contributed by atoms with E-state index in [1.54, 1.807) is 11.8 Å². The third-order valence-electron chi connectivity index (χ3n) is 2.71. The van der Waals surface area contributed by atoms with E-state index in [-0.39, 0.29) is 5.78 Å². The maximum absolute atomic E-state index is 11.9. The normalized spacial score (nSPS) is 10.6. The number of aromatic nitrogens is 3. The van der Waals surface area contributed by atoms with Gasteiger partial charge in [-0.15, -0.1) is 10.2 Å². The fourth-order valence-corrected chi connectivity index (χ4v) is 2.41. The molecular weight excluding hydrogens is 246 g/mol. The highest BCUT2D eigenvalue weighted by Gasteiger charge is 2.08. The molecule has 0 aliphatic carbocycles. The van der Waals surface area contributed by atoms with Crippen LogP contribution in [0.5, 0.6) is 0 Å². The first-order valence-electron chi connectivity index (χ1n) is 5.75. The minimum atomic E-state index is 0.169. The van der Waals surface area contributed by atoms with Crippen LogP contribution in [0.15, 0.2) is 35.5 Å². The number of hydrogen-bond donors (Lipinski definition) is 0. The molecule has 94 valence electrons. The molecule has 0 amide bonds. The van der Waals surface area contributed by atoms with E-state index in [0.29, 0.717) is 6.42 Å². The van der Waals surface area contributed by atoms with Crippen molar-refractivity contribution in [2.24, 2.45) is 7.05 Å². The monoisotopic (exact) mass is 261 g/mol. The number of hydrogen-bond acceptors (Lipinski definition) is 4. The van der Waals surface area contributed by atoms with E-state index in [1.807, 2.05) is 48.9 Å². The molecule has 5 heteroatoms. The van der Waals surface area contributed by atoms with Crippen molar-refractivity contribution in [2.45, 2.75) is 18.5 Å². The van der Waals surface area contributed by atoms with Crippen molar-refractivity contribution >= 4 is 17.5 Å². The first-order chi connectivity index (χ1) is 8.68. The Morgan fingerprint density at radius 1 is 1.28 bits per heavy atom. The van der Waals surface area contributed by atoms with Gasteiger partial charge in [-0.1, -0.05) is 42.1 Å². The Morgan fingerprint density at radius 2 is 2.00 bits per heavy atom. The summed E-state index contributed by atoms with van der Waals surface area (Å²) in [6, 6.07) is 9.37. The zero-order valence-electron chi connectivity index (χ0n) is 10.5. The minimum Gasteiger partial charge on any atom is -0.309 e. The van der Waals surface area contributed by atoms with Crippen LogP contribution in [0, 0.1) is 6.92 Å². The molecule has 0 saturated heterocycles. The van der Waals surface area contributed by atoms with Crippen LogP contribution in [-0.4, -0.2) is 26.3 Å². The van der Waals surface area contributed by atoms with Crippen LogP contribution in [0.25, 0.3) is 0 Å². The Kier molecular flexibility index (Phi) is 4.15. The molecule has 18 heavy (non-hydrogen) atoms. The van der Waals surface area contributed by atoms with Gasteiger partial charge in [0.25, 0.3) is 0 Å². The fraction of sp³-hybridized carbons (Fsp3) is 0.308. The number of carbonyl (C=O) groups excluding carboxylic acids is 1. The topological polar surface area (TPSA) is 47.8 Å². The van der Waals surface area contributed by atoms with E-state index in [1.165, 1.54) is 0 Å². The lowest BCUT2D eigenvalue weighted by Gasteiger charge is -2.01. The van der Waals surface area contributed by atoms with Crippen LogP contribution in [0.1, 0.15) is 22.6 Å². The molecule has 0 bridgehead atoms. The number of ketones is 1. The number of rotatable bonds is 5. The highest BCUT2D eigenvalue weighted by Crippen LogP contribution is 2.17. The molecule has 4 nitrogen and oxygen atoms in total. The van der Waals surface area contributed by atoms with Gasteiger partial charge >= 0.3 is 0 Å². The minimum absolute atomic E-state index is 0.169. The summed E-state index contributed by atoms with van der Waals surface area (Å²) in [5, 5.41) is 8.88. The second kappa shape index (κ2) is 5.82. The molecule has 0 fully saturated rings. The Labute approximate surface area is 110 Å². The predicted molar refractivity (Wildman–Crippen MR) is 71.9 cm³/mol. The van der Waals surface area contributed by atoms with E-state index in [4.69, 9.17) is 0 Å². The Bertz CT molecular complexity index is 536. The molecule has 1 heterocycles. The number of benzene rings is 1. The molecule has 2 rings (SSSR count). The molecular formula is C13H15N3OS. The quantitative estimate of drug-likeness (QED) is 0.613. The highest BCUT2D eigenvalue weighted by atomic mass is 32.2. The van der Waals surface area contributed by atoms with Crippen molar-refractivity contribution in [3.8, 4) is 0 Å². The summed E-state index contributed by atoms with van der Waals surface area (Å²) in [5.41, 5.74) is 0.771. The largest absolute Gasteiger partial charge is 0.309 e. The van der Waals surface area contributed by atoms with Gasteiger partial charge in [0.2, 0.25) is 0 Å². The van der Waals surface area contributed by atoms with Gasteiger partial charge in [-0.3, -0.25) is 4.79 Å². The van der Waals surface area contributed by atoms with E-state index in [9.17, 15) is 4.79 Å². The van der Waals surface area contributed by atoms with Crippen molar-refractivity contribution in [2.75, 3.05) is 5.75 Å². The Balaban J connectivity index is 1.86. The Hall–Kier alpha value is -1.62. The zero-order chi connectivity index (χ0) is 13.0. The molecule has 0 N–H and O–H groups in total. The molecule has 0 spiro atoms. The lowest BCUT2D eigenvalue weighted by atomic mass is 10.1. The summed E-state index contributed by atoms with van der Waals surface area (Å²) in [6.07, 6.45) is 0.514. The van der Waals surface area contributed by atoms with Crippen molar-refractivity contribution in [3.63, 3.8) is 0 Å². The lowest BCUT2D eigenvalue weighted by Crippen LogP contribution is -2.01. The van der Waals surface area contributed by atoms with Gasteiger partial charge in [-0.25, -0.2) is 0 Å². The average Bonchev–Trinajstić information content (AvgIpc) is 2.71. The maximum atomic E-state index is 11.9. The second-order valence-electron chi connectivity index (χ2n) is 3.98. The number of aryl methyl sites for hydroxylation is 1. The molecule has 0 aliphatic heterocycles. The zero-order valence-corrected chi connectivity index (χ0v) is 11.3. The summed E-state index contributed by atoms with van der Waals surface area (Å²) >= 11 is 1.56. The van der Waals surface area contributed by atoms with Gasteiger partial charge in [0, 0.05) is 24.8 Å². The molecule has 0 atom stereocenters. The SMILES string of the molecule is Cc1nnc(SCCC(=O)c2ccccc2)n1C. The van der Waals surface area contributed by atoms with Crippen molar-refractivity contribution in [1.82, 2.24) is 14.8 Å². The summed E-state index contributed by atoms with van der Waals surface area (Å²) in [7, 11) is 1.93. The van der Waals surface area contributed by atoms with E-state index in [2.05, 4.69) is 10.2 Å². The van der Waals surface area contributed by atoms with Crippen LogP contribution in [0.3, 0.4) is 0 Å². The maximum Gasteiger partial charge on any atom is 0.190 e. The molecule has 2 aromatic rings. The third kappa shape index (κ3) is 2.98. The summed E-state index contributed by atoms with van der Waals surface area (Å²) in [4.78, 5) is 11.9. The summed E-state index contributed by atoms with van der Waals surface area (Å²) in [5.74, 6) is 1.77. The second-order valence-corrected chi connectivity index (χ2v) is 5.04. The van der Waals surface area contributed by atoms with Crippen LogP contribution >= 0.6 is 11.8 Å². The molecule has 1 aromatic heterocycles. The molecule has 1 aromatic carbocycles. The lowest BCUT2D eigenvalue weighted by molar-refractivity contribution is 0.0989. The van der Waals surface area contributed by atoms with Crippen LogP contribution in [0.4, 0.5) is 0 Å². The Morgan fingerprint density at radius 3 is 2.61 bits per heavy atom. The standard InChI is InChI=1S/C13H15N3OS/c1-10-14-15-13(16(10)2)18-9-8-12(17)11-6-4-3-5-7-11/h3-7H,8-9H2,1-2H3. The summed E-state index contributed by atoms with van der Waals surface area (Å²) < 4.78 is 1.93. The van der Waals surface area contributed by atoms with Crippen LogP contribution in [-0.2, 0) is 7.05 Å². The van der Waals surface area contributed by atoms with Crippen LogP contribution < -0.4 is 0 Å². The van der Waals surface area contributed by atoms with E-state index in [0.717, 1.165) is 22.3 Å². The van der Waals surface area contributed by atoms with Crippen molar-refractivity contribution in [1.29, 1.82) is 0 Å². The van der Waals surface area contributed by atoms with E-state index >= 15 is 0 Å². The van der Waals surface area contributed by atoms with Crippen LogP contribution in [0.2, 0.25) is 0 Å². The number of thioether (sulfide) groups is 1. The van der Waals surface area contributed by atoms with E-state index < -0.39 is 0 Å². The molecule has 0 unspecified atom stereocenters. The van der Waals surface area contributed by atoms with Gasteiger partial charge in [0.15, 0.2) is 10.9 Å². The first kappa shape index (κ1) is 12.8. The number of carbonyl (C=O) groups is 1.